The van der Waals surface area contributed by atoms with Crippen molar-refractivity contribution in [3.8, 4) is 11.4 Å². The van der Waals surface area contributed by atoms with Crippen LogP contribution in [0.3, 0.4) is 0 Å². The van der Waals surface area contributed by atoms with Crippen molar-refractivity contribution in [2.45, 2.75) is 33.8 Å². The second-order valence-corrected chi connectivity index (χ2v) is 6.83. The van der Waals surface area contributed by atoms with E-state index in [1.807, 2.05) is 45.0 Å². The number of aryl methyl sites for hydroxylation is 2. The number of carbonyl (C=O) groups is 2. The van der Waals surface area contributed by atoms with E-state index in [-0.39, 0.29) is 0 Å². The highest BCUT2D eigenvalue weighted by Crippen LogP contribution is 2.21. The Morgan fingerprint density at radius 3 is 2.38 bits per heavy atom. The third-order valence-electron chi connectivity index (χ3n) is 4.73. The summed E-state index contributed by atoms with van der Waals surface area (Å²) >= 11 is 0. The van der Waals surface area contributed by atoms with E-state index in [0.717, 1.165) is 22.5 Å². The number of amides is 2. The van der Waals surface area contributed by atoms with Crippen molar-refractivity contribution in [3.05, 3.63) is 77.1 Å². The number of rotatable bonds is 5. The van der Waals surface area contributed by atoms with E-state index in [1.54, 1.807) is 42.1 Å². The molecule has 0 aliphatic carbocycles. The van der Waals surface area contributed by atoms with Gasteiger partial charge in [0.25, 0.3) is 11.8 Å². The number of nitrogens with one attached hydrogen (secondary N) is 2. The Morgan fingerprint density at radius 1 is 1.00 bits per heavy atom. The molecule has 3 aromatic rings. The minimum absolute atomic E-state index is 0.416. The first-order valence-corrected chi connectivity index (χ1v) is 9.31. The Labute approximate surface area is 169 Å². The summed E-state index contributed by atoms with van der Waals surface area (Å²) in [6, 6.07) is 14.5. The molecule has 150 valence electrons. The van der Waals surface area contributed by atoms with Gasteiger partial charge in [-0.05, 0) is 75.2 Å². The average molecular weight is 392 g/mol. The molecule has 2 aromatic carbocycles. The highest BCUT2D eigenvalue weighted by atomic mass is 16.5. The minimum Gasteiger partial charge on any atom is -0.481 e. The lowest BCUT2D eigenvalue weighted by atomic mass is 10.1. The normalized spacial score (nSPS) is 11.6. The molecule has 0 saturated heterocycles. The van der Waals surface area contributed by atoms with E-state index in [4.69, 9.17) is 4.74 Å². The van der Waals surface area contributed by atoms with Crippen LogP contribution >= 0.6 is 0 Å². The van der Waals surface area contributed by atoms with Gasteiger partial charge in [-0.3, -0.25) is 20.4 Å². The fraction of sp³-hybridized carbons (Fsp3) is 0.227. The Kier molecular flexibility index (Phi) is 5.97. The first-order chi connectivity index (χ1) is 13.9. The summed E-state index contributed by atoms with van der Waals surface area (Å²) in [6.07, 6.45) is 0.952. The minimum atomic E-state index is -0.763. The maximum Gasteiger partial charge on any atom is 0.279 e. The van der Waals surface area contributed by atoms with Gasteiger partial charge in [0, 0.05) is 17.5 Å². The third kappa shape index (κ3) is 4.63. The molecule has 0 unspecified atom stereocenters. The van der Waals surface area contributed by atoms with Crippen LogP contribution in [0.25, 0.3) is 5.69 Å². The summed E-state index contributed by atoms with van der Waals surface area (Å²) in [5.74, 6) is -0.215. The number of hydrazine groups is 1. The Bertz CT molecular complexity index is 1020. The van der Waals surface area contributed by atoms with Gasteiger partial charge in [0.15, 0.2) is 6.10 Å². The van der Waals surface area contributed by atoms with Crippen LogP contribution in [0, 0.1) is 20.8 Å². The average Bonchev–Trinajstić information content (AvgIpc) is 3.15. The fourth-order valence-corrected chi connectivity index (χ4v) is 2.78. The zero-order valence-electron chi connectivity index (χ0n) is 16.9. The predicted octanol–water partition coefficient (Wildman–Crippen LogP) is 3.03. The predicted molar refractivity (Wildman–Crippen MR) is 110 cm³/mol. The smallest absolute Gasteiger partial charge is 0.279 e. The molecule has 7 nitrogen and oxygen atoms in total. The number of hydrogen-bond donors (Lipinski definition) is 2. The molecule has 2 N–H and O–H groups in total. The second-order valence-electron chi connectivity index (χ2n) is 6.83. The molecule has 7 heteroatoms. The summed E-state index contributed by atoms with van der Waals surface area (Å²) in [7, 11) is 0. The molecule has 0 fully saturated rings. The highest BCUT2D eigenvalue weighted by molar-refractivity contribution is 5.95. The molecule has 3 rings (SSSR count). The monoisotopic (exact) mass is 392 g/mol. The molecular weight excluding hydrogens is 368 g/mol. The lowest BCUT2D eigenvalue weighted by Gasteiger charge is -2.17. The molecule has 2 amide bonds. The van der Waals surface area contributed by atoms with Crippen LogP contribution in [-0.4, -0.2) is 27.7 Å². The van der Waals surface area contributed by atoms with Crippen molar-refractivity contribution in [2.75, 3.05) is 0 Å². The van der Waals surface area contributed by atoms with Crippen molar-refractivity contribution in [2.24, 2.45) is 0 Å². The molecule has 0 radical (unpaired) electrons. The maximum atomic E-state index is 12.3. The topological polar surface area (TPSA) is 85.3 Å². The van der Waals surface area contributed by atoms with Gasteiger partial charge in [-0.2, -0.15) is 5.10 Å². The van der Waals surface area contributed by atoms with Gasteiger partial charge in [0.1, 0.15) is 5.75 Å². The van der Waals surface area contributed by atoms with Gasteiger partial charge < -0.3 is 4.74 Å². The molecule has 0 spiro atoms. The van der Waals surface area contributed by atoms with E-state index < -0.39 is 17.9 Å². The Hall–Kier alpha value is -3.61. The molecule has 1 atom stereocenters. The van der Waals surface area contributed by atoms with Crippen LogP contribution in [0.2, 0.25) is 0 Å². The summed E-state index contributed by atoms with van der Waals surface area (Å²) in [5.41, 5.74) is 9.14. The first kappa shape index (κ1) is 20.1. The van der Waals surface area contributed by atoms with Crippen molar-refractivity contribution < 1.29 is 14.3 Å². The van der Waals surface area contributed by atoms with Gasteiger partial charge in [-0.25, -0.2) is 4.68 Å². The van der Waals surface area contributed by atoms with E-state index in [2.05, 4.69) is 16.0 Å². The van der Waals surface area contributed by atoms with Crippen LogP contribution in [0.4, 0.5) is 0 Å². The van der Waals surface area contributed by atoms with Crippen LogP contribution in [0.15, 0.2) is 54.7 Å². The van der Waals surface area contributed by atoms with Crippen LogP contribution in [0.5, 0.6) is 5.75 Å². The number of aromatic nitrogens is 2. The number of benzene rings is 2. The second kappa shape index (κ2) is 8.60. The number of ether oxygens (including phenoxy) is 1. The molecule has 1 heterocycles. The van der Waals surface area contributed by atoms with Gasteiger partial charge in [-0.15, -0.1) is 0 Å². The van der Waals surface area contributed by atoms with Gasteiger partial charge in [0.2, 0.25) is 0 Å². The highest BCUT2D eigenvalue weighted by Gasteiger charge is 2.17. The van der Waals surface area contributed by atoms with Gasteiger partial charge >= 0.3 is 0 Å². The first-order valence-electron chi connectivity index (χ1n) is 9.31. The molecule has 29 heavy (non-hydrogen) atoms. The molecular formula is C22H24N4O3. The fourth-order valence-electron chi connectivity index (χ4n) is 2.78. The number of hydrogen-bond acceptors (Lipinski definition) is 4. The van der Waals surface area contributed by atoms with Crippen molar-refractivity contribution in [3.63, 3.8) is 0 Å². The largest absolute Gasteiger partial charge is 0.481 e. The lowest BCUT2D eigenvalue weighted by Crippen LogP contribution is -2.47. The number of carbonyl (C=O) groups excluding carboxylic acids is 2. The van der Waals surface area contributed by atoms with Crippen molar-refractivity contribution >= 4 is 11.8 Å². The van der Waals surface area contributed by atoms with Crippen LogP contribution in [0.1, 0.15) is 34.1 Å². The Morgan fingerprint density at radius 2 is 1.72 bits per heavy atom. The standard InChI is InChI=1S/C22H24N4O3/c1-14-6-5-7-20(16(14)3)29-17(4)21(27)24-25-22(28)18-8-10-19(11-9-18)26-15(2)12-13-23-26/h5-13,17H,1-4H3,(H,24,27)(H,25,28)/t17-/m0/s1. The molecule has 1 aromatic heterocycles. The van der Waals surface area contributed by atoms with Crippen LogP contribution in [-0.2, 0) is 4.79 Å². The molecule has 0 aliphatic rings. The third-order valence-corrected chi connectivity index (χ3v) is 4.73. The quantitative estimate of drug-likeness (QED) is 0.654. The maximum absolute atomic E-state index is 12.3. The summed E-state index contributed by atoms with van der Waals surface area (Å²) < 4.78 is 7.49. The van der Waals surface area contributed by atoms with E-state index in [1.165, 1.54) is 0 Å². The SMILES string of the molecule is Cc1cccc(O[C@@H](C)C(=O)NNC(=O)c2ccc(-n3nccc3C)cc2)c1C. The van der Waals surface area contributed by atoms with Gasteiger partial charge in [-0.1, -0.05) is 12.1 Å². The summed E-state index contributed by atoms with van der Waals surface area (Å²) in [5, 5.41) is 4.23. The molecule has 0 saturated carbocycles. The van der Waals surface area contributed by atoms with Crippen LogP contribution < -0.4 is 15.6 Å². The zero-order chi connectivity index (χ0) is 21.0. The summed E-state index contributed by atoms with van der Waals surface area (Å²) in [6.45, 7) is 7.49. The van der Waals surface area contributed by atoms with Gasteiger partial charge in [0.05, 0.1) is 5.69 Å². The zero-order valence-corrected chi connectivity index (χ0v) is 16.9. The van der Waals surface area contributed by atoms with E-state index in [9.17, 15) is 9.59 Å². The molecule has 0 bridgehead atoms. The van der Waals surface area contributed by atoms with Crippen molar-refractivity contribution in [1.82, 2.24) is 20.6 Å². The number of nitrogens with zero attached hydrogens (tertiary/aromatic N) is 2. The van der Waals surface area contributed by atoms with Crippen molar-refractivity contribution in [1.29, 1.82) is 0 Å². The van der Waals surface area contributed by atoms with E-state index in [0.29, 0.717) is 11.3 Å². The lowest BCUT2D eigenvalue weighted by molar-refractivity contribution is -0.128. The summed E-state index contributed by atoms with van der Waals surface area (Å²) in [4.78, 5) is 24.6. The Balaban J connectivity index is 1.56. The molecule has 0 aliphatic heterocycles. The van der Waals surface area contributed by atoms with E-state index >= 15 is 0 Å².